The molecule has 55 valence electrons. The first-order chi connectivity index (χ1) is 4.74. The molecule has 0 aliphatic heterocycles. The Morgan fingerprint density at radius 2 is 2.10 bits per heavy atom. The van der Waals surface area contributed by atoms with Crippen molar-refractivity contribution in [1.29, 1.82) is 0 Å². The summed E-state index contributed by atoms with van der Waals surface area (Å²) >= 11 is 17.0. The lowest BCUT2D eigenvalue weighted by atomic mass is 10.1. The summed E-state index contributed by atoms with van der Waals surface area (Å²) in [6, 6.07) is 0. The van der Waals surface area contributed by atoms with Crippen LogP contribution >= 0.6 is 34.8 Å². The van der Waals surface area contributed by atoms with Gasteiger partial charge in [-0.2, -0.15) is 0 Å². The van der Waals surface area contributed by atoms with Crippen molar-refractivity contribution in [2.45, 2.75) is 5.38 Å². The molecule has 1 aliphatic rings. The lowest BCUT2D eigenvalue weighted by Gasteiger charge is -2.12. The second-order valence-corrected chi connectivity index (χ2v) is 3.17. The van der Waals surface area contributed by atoms with E-state index in [1.54, 1.807) is 6.08 Å². The minimum atomic E-state index is -0.194. The highest BCUT2D eigenvalue weighted by Crippen LogP contribution is 2.26. The van der Waals surface area contributed by atoms with Gasteiger partial charge in [0.25, 0.3) is 0 Å². The summed E-state index contributed by atoms with van der Waals surface area (Å²) in [5, 5.41) is 0.455. The van der Waals surface area contributed by atoms with Crippen LogP contribution in [0.1, 0.15) is 0 Å². The second-order valence-electron chi connectivity index (χ2n) is 2.00. The summed E-state index contributed by atoms with van der Waals surface area (Å²) in [5.41, 5.74) is 1.02. The molecule has 0 aromatic heterocycles. The molecule has 0 aromatic rings. The third kappa shape index (κ3) is 1.91. The first kappa shape index (κ1) is 8.45. The van der Waals surface area contributed by atoms with Gasteiger partial charge in [0.2, 0.25) is 0 Å². The number of alkyl halides is 2. The minimum Gasteiger partial charge on any atom is -0.122 e. The number of hydrogen-bond donors (Lipinski definition) is 0. The van der Waals surface area contributed by atoms with Crippen LogP contribution in [0.2, 0.25) is 0 Å². The number of halogens is 3. The molecule has 10 heavy (non-hydrogen) atoms. The molecule has 0 bridgehead atoms. The van der Waals surface area contributed by atoms with Gasteiger partial charge in [0, 0.05) is 5.88 Å². The van der Waals surface area contributed by atoms with Gasteiger partial charge in [-0.25, -0.2) is 0 Å². The van der Waals surface area contributed by atoms with Crippen molar-refractivity contribution in [2.24, 2.45) is 0 Å². The molecule has 1 aliphatic carbocycles. The Hall–Kier alpha value is 0.350. The molecule has 0 spiro atoms. The van der Waals surface area contributed by atoms with Crippen LogP contribution < -0.4 is 0 Å². The van der Waals surface area contributed by atoms with Crippen molar-refractivity contribution in [2.75, 3.05) is 5.88 Å². The van der Waals surface area contributed by atoms with Crippen molar-refractivity contribution >= 4 is 34.8 Å². The molecular weight excluding hydrogens is 190 g/mol. The van der Waals surface area contributed by atoms with E-state index in [1.165, 1.54) is 0 Å². The van der Waals surface area contributed by atoms with Crippen molar-refractivity contribution in [3.05, 3.63) is 29.2 Å². The molecule has 0 aromatic carbocycles. The lowest BCUT2D eigenvalue weighted by Crippen LogP contribution is -2.06. The Labute approximate surface area is 75.5 Å². The van der Waals surface area contributed by atoms with Crippen LogP contribution in [0.3, 0.4) is 0 Å². The maximum atomic E-state index is 5.79. The first-order valence-corrected chi connectivity index (χ1v) is 4.20. The van der Waals surface area contributed by atoms with Gasteiger partial charge in [0.05, 0.1) is 5.38 Å². The molecule has 1 atom stereocenters. The lowest BCUT2D eigenvalue weighted by molar-refractivity contribution is 1.18. The number of rotatable bonds is 1. The van der Waals surface area contributed by atoms with Crippen molar-refractivity contribution < 1.29 is 0 Å². The molecule has 0 nitrogen and oxygen atoms in total. The Morgan fingerprint density at radius 3 is 2.60 bits per heavy atom. The Kier molecular flexibility index (Phi) is 3.09. The molecule has 0 saturated heterocycles. The predicted octanol–water partition coefficient (Wildman–Crippen LogP) is 3.10. The van der Waals surface area contributed by atoms with Crippen LogP contribution in [0.5, 0.6) is 0 Å². The van der Waals surface area contributed by atoms with Crippen molar-refractivity contribution in [3.8, 4) is 0 Å². The zero-order valence-electron chi connectivity index (χ0n) is 5.15. The smallest absolute Gasteiger partial charge is 0.107 e. The summed E-state index contributed by atoms with van der Waals surface area (Å²) < 4.78 is 0. The normalized spacial score (nSPS) is 26.7. The van der Waals surface area contributed by atoms with E-state index in [1.807, 2.05) is 12.2 Å². The summed E-state index contributed by atoms with van der Waals surface area (Å²) in [6.45, 7) is 0. The fraction of sp³-hybridized carbons (Fsp3) is 0.286. The minimum absolute atomic E-state index is 0.194. The van der Waals surface area contributed by atoms with Crippen LogP contribution in [0, 0.1) is 5.38 Å². The van der Waals surface area contributed by atoms with E-state index < -0.39 is 0 Å². The molecular formula is C7H6Cl3. The fourth-order valence-corrected chi connectivity index (χ4v) is 1.23. The fourth-order valence-electron chi connectivity index (χ4n) is 0.691. The zero-order chi connectivity index (χ0) is 7.56. The van der Waals surface area contributed by atoms with E-state index in [9.17, 15) is 0 Å². The topological polar surface area (TPSA) is 0 Å². The monoisotopic (exact) mass is 195 g/mol. The van der Waals surface area contributed by atoms with E-state index in [0.29, 0.717) is 11.3 Å². The largest absolute Gasteiger partial charge is 0.122 e. The highest BCUT2D eigenvalue weighted by atomic mass is 35.5. The van der Waals surface area contributed by atoms with Gasteiger partial charge in [-0.15, -0.1) is 34.8 Å². The second kappa shape index (κ2) is 3.66. The predicted molar refractivity (Wildman–Crippen MR) is 46.7 cm³/mol. The number of hydrogen-bond acceptors (Lipinski definition) is 0. The van der Waals surface area contributed by atoms with Gasteiger partial charge in [-0.3, -0.25) is 0 Å². The zero-order valence-corrected chi connectivity index (χ0v) is 7.42. The van der Waals surface area contributed by atoms with E-state index in [4.69, 9.17) is 34.8 Å². The maximum absolute atomic E-state index is 5.79. The SMILES string of the molecule is ClCC1=CC(Cl)[C](Cl)C=C1. The highest BCUT2D eigenvalue weighted by Gasteiger charge is 2.15. The van der Waals surface area contributed by atoms with Gasteiger partial charge in [-0.1, -0.05) is 18.2 Å². The molecule has 0 saturated carbocycles. The van der Waals surface area contributed by atoms with E-state index in [0.717, 1.165) is 5.57 Å². The molecule has 3 heteroatoms. The van der Waals surface area contributed by atoms with Gasteiger partial charge < -0.3 is 0 Å². The molecule has 0 heterocycles. The van der Waals surface area contributed by atoms with Crippen LogP contribution in [-0.4, -0.2) is 11.3 Å². The Morgan fingerprint density at radius 1 is 1.40 bits per heavy atom. The summed E-state index contributed by atoms with van der Waals surface area (Å²) in [6.07, 6.45) is 5.49. The van der Waals surface area contributed by atoms with Crippen molar-refractivity contribution in [3.63, 3.8) is 0 Å². The molecule has 1 rings (SSSR count). The average Bonchev–Trinajstić information content (AvgIpc) is 1.95. The van der Waals surface area contributed by atoms with Gasteiger partial charge in [-0.05, 0) is 5.57 Å². The highest BCUT2D eigenvalue weighted by molar-refractivity contribution is 6.37. The molecule has 0 N–H and O–H groups in total. The maximum Gasteiger partial charge on any atom is 0.107 e. The summed E-state index contributed by atoms with van der Waals surface area (Å²) in [4.78, 5) is 0. The summed E-state index contributed by atoms with van der Waals surface area (Å²) in [5.74, 6) is 0.490. The molecule has 0 fully saturated rings. The molecule has 1 unspecified atom stereocenters. The van der Waals surface area contributed by atoms with Crippen LogP contribution in [0.4, 0.5) is 0 Å². The quantitative estimate of drug-likeness (QED) is 0.566. The first-order valence-electron chi connectivity index (χ1n) is 2.85. The van der Waals surface area contributed by atoms with Crippen LogP contribution in [0.15, 0.2) is 23.8 Å². The van der Waals surface area contributed by atoms with E-state index >= 15 is 0 Å². The summed E-state index contributed by atoms with van der Waals surface area (Å²) in [7, 11) is 0. The van der Waals surface area contributed by atoms with Gasteiger partial charge >= 0.3 is 0 Å². The molecule has 0 amide bonds. The third-order valence-electron chi connectivity index (χ3n) is 1.23. The number of allylic oxidation sites excluding steroid dienone is 4. The average molecular weight is 196 g/mol. The molecule has 1 radical (unpaired) electrons. The van der Waals surface area contributed by atoms with Crippen LogP contribution in [0.25, 0.3) is 0 Å². The van der Waals surface area contributed by atoms with Gasteiger partial charge in [0.15, 0.2) is 0 Å². The van der Waals surface area contributed by atoms with E-state index in [-0.39, 0.29) is 5.38 Å². The Balaban J connectivity index is 2.66. The van der Waals surface area contributed by atoms with Crippen LogP contribution in [-0.2, 0) is 0 Å². The third-order valence-corrected chi connectivity index (χ3v) is 2.38. The standard InChI is InChI=1S/C7H6Cl3/c8-4-5-1-2-6(9)7(10)3-5/h1-3,7H,4H2. The van der Waals surface area contributed by atoms with Crippen molar-refractivity contribution in [1.82, 2.24) is 0 Å². The van der Waals surface area contributed by atoms with Gasteiger partial charge in [0.1, 0.15) is 5.38 Å². The van der Waals surface area contributed by atoms with E-state index in [2.05, 4.69) is 0 Å². The Bertz CT molecular complexity index is 172.